The van der Waals surface area contributed by atoms with Crippen LogP contribution in [-0.4, -0.2) is 50.1 Å². The molecule has 0 saturated heterocycles. The van der Waals surface area contributed by atoms with Crippen molar-refractivity contribution < 1.29 is 0 Å². The number of aliphatic imine (C=N–C) groups is 1. The van der Waals surface area contributed by atoms with Gasteiger partial charge >= 0.3 is 0 Å². The molecule has 0 saturated carbocycles. The largest absolute Gasteiger partial charge is 0.356 e. The maximum atomic E-state index is 4.22. The van der Waals surface area contributed by atoms with Gasteiger partial charge in [-0.05, 0) is 25.9 Å². The van der Waals surface area contributed by atoms with Crippen LogP contribution < -0.4 is 10.6 Å². The molecule has 0 aromatic rings. The molecular weight excluding hydrogens is 212 g/mol. The minimum Gasteiger partial charge on any atom is -0.356 e. The van der Waals surface area contributed by atoms with Crippen LogP contribution in [0.1, 0.15) is 34.6 Å². The van der Waals surface area contributed by atoms with Gasteiger partial charge in [0, 0.05) is 26.2 Å². The molecule has 0 radical (unpaired) electrons. The van der Waals surface area contributed by atoms with Gasteiger partial charge in [-0.1, -0.05) is 27.7 Å². The fourth-order valence-corrected chi connectivity index (χ4v) is 1.74. The number of hydrogen-bond donors (Lipinski definition) is 2. The molecule has 1 unspecified atom stereocenters. The van der Waals surface area contributed by atoms with Crippen LogP contribution in [0.15, 0.2) is 4.99 Å². The molecule has 2 N–H and O–H groups in total. The molecule has 0 bridgehead atoms. The molecule has 0 aromatic carbocycles. The third-order valence-electron chi connectivity index (χ3n) is 2.90. The van der Waals surface area contributed by atoms with Crippen molar-refractivity contribution in [2.24, 2.45) is 10.9 Å². The second-order valence-electron chi connectivity index (χ2n) is 4.80. The van der Waals surface area contributed by atoms with Crippen LogP contribution >= 0.6 is 0 Å². The Morgan fingerprint density at radius 3 is 2.00 bits per heavy atom. The van der Waals surface area contributed by atoms with Gasteiger partial charge in [0.05, 0.1) is 0 Å². The average molecular weight is 242 g/mol. The normalized spacial score (nSPS) is 14.2. The first kappa shape index (κ1) is 16.2. The molecule has 0 aromatic heterocycles. The Kier molecular flexibility index (Phi) is 8.86. The molecule has 0 aliphatic heterocycles. The zero-order valence-corrected chi connectivity index (χ0v) is 12.4. The van der Waals surface area contributed by atoms with Crippen molar-refractivity contribution in [3.05, 3.63) is 0 Å². The number of rotatable bonds is 7. The Morgan fingerprint density at radius 2 is 1.59 bits per heavy atom. The molecule has 17 heavy (non-hydrogen) atoms. The molecule has 1 atom stereocenters. The molecule has 0 aliphatic rings. The lowest BCUT2D eigenvalue weighted by Gasteiger charge is -2.27. The van der Waals surface area contributed by atoms with E-state index in [9.17, 15) is 0 Å². The zero-order chi connectivity index (χ0) is 13.3. The molecule has 4 heteroatoms. The number of hydrogen-bond acceptors (Lipinski definition) is 2. The van der Waals surface area contributed by atoms with Crippen molar-refractivity contribution >= 4 is 5.96 Å². The number of nitrogens with one attached hydrogen (secondary N) is 2. The summed E-state index contributed by atoms with van der Waals surface area (Å²) in [4.78, 5) is 6.65. The number of guanidine groups is 1. The molecule has 0 rings (SSSR count). The van der Waals surface area contributed by atoms with Gasteiger partial charge in [0.1, 0.15) is 0 Å². The Morgan fingerprint density at radius 1 is 1.06 bits per heavy atom. The highest BCUT2D eigenvalue weighted by Gasteiger charge is 2.10. The Bertz CT molecular complexity index is 209. The maximum absolute atomic E-state index is 4.22. The van der Waals surface area contributed by atoms with Gasteiger partial charge in [-0.25, -0.2) is 0 Å². The first-order valence-electron chi connectivity index (χ1n) is 6.73. The van der Waals surface area contributed by atoms with Crippen LogP contribution in [0.2, 0.25) is 0 Å². The lowest BCUT2D eigenvalue weighted by Crippen LogP contribution is -2.46. The van der Waals surface area contributed by atoms with Gasteiger partial charge in [0.2, 0.25) is 0 Å². The van der Waals surface area contributed by atoms with Gasteiger partial charge < -0.3 is 10.6 Å². The van der Waals surface area contributed by atoms with Crippen LogP contribution in [0, 0.1) is 5.92 Å². The lowest BCUT2D eigenvalue weighted by molar-refractivity contribution is 0.231. The number of nitrogens with zero attached hydrogens (tertiary/aromatic N) is 2. The molecular formula is C13H30N4. The van der Waals surface area contributed by atoms with E-state index in [0.717, 1.165) is 32.1 Å². The quantitative estimate of drug-likeness (QED) is 0.525. The van der Waals surface area contributed by atoms with Gasteiger partial charge in [-0.3, -0.25) is 9.89 Å². The van der Waals surface area contributed by atoms with E-state index in [1.807, 2.05) is 7.05 Å². The molecule has 0 heterocycles. The zero-order valence-electron chi connectivity index (χ0n) is 12.4. The fraction of sp³-hybridized carbons (Fsp3) is 0.923. The minimum atomic E-state index is 0.530. The van der Waals surface area contributed by atoms with Crippen molar-refractivity contribution in [2.75, 3.05) is 33.2 Å². The van der Waals surface area contributed by atoms with E-state index in [4.69, 9.17) is 0 Å². The highest BCUT2D eigenvalue weighted by molar-refractivity contribution is 5.79. The monoisotopic (exact) mass is 242 g/mol. The predicted molar refractivity (Wildman–Crippen MR) is 76.6 cm³/mol. The lowest BCUT2D eigenvalue weighted by atomic mass is 10.2. The summed E-state index contributed by atoms with van der Waals surface area (Å²) in [7, 11) is 1.82. The van der Waals surface area contributed by atoms with E-state index in [1.54, 1.807) is 0 Å². The van der Waals surface area contributed by atoms with Crippen LogP contribution in [0.3, 0.4) is 0 Å². The molecule has 4 nitrogen and oxygen atoms in total. The van der Waals surface area contributed by atoms with E-state index >= 15 is 0 Å². The molecule has 102 valence electrons. The van der Waals surface area contributed by atoms with Crippen LogP contribution in [0.4, 0.5) is 0 Å². The van der Waals surface area contributed by atoms with Crippen LogP contribution in [-0.2, 0) is 0 Å². The van der Waals surface area contributed by atoms with Crippen LogP contribution in [0.5, 0.6) is 0 Å². The highest BCUT2D eigenvalue weighted by Crippen LogP contribution is 1.96. The van der Waals surface area contributed by atoms with Crippen molar-refractivity contribution in [2.45, 2.75) is 40.7 Å². The van der Waals surface area contributed by atoms with Crippen molar-refractivity contribution in [3.8, 4) is 0 Å². The summed E-state index contributed by atoms with van der Waals surface area (Å²) >= 11 is 0. The van der Waals surface area contributed by atoms with Gasteiger partial charge in [0.25, 0.3) is 0 Å². The van der Waals surface area contributed by atoms with Crippen molar-refractivity contribution in [1.29, 1.82) is 0 Å². The average Bonchev–Trinajstić information content (AvgIpc) is 2.30. The molecule has 0 amide bonds. The summed E-state index contributed by atoms with van der Waals surface area (Å²) in [6, 6.07) is 0.530. The standard InChI is InChI=1S/C13H30N4/c1-7-17(8-2)12(5)10-16-13(14-6)15-9-11(3)4/h11-12H,7-10H2,1-6H3,(H2,14,15,16). The van der Waals surface area contributed by atoms with E-state index < -0.39 is 0 Å². The minimum absolute atomic E-state index is 0.530. The maximum Gasteiger partial charge on any atom is 0.191 e. The van der Waals surface area contributed by atoms with Crippen molar-refractivity contribution in [1.82, 2.24) is 15.5 Å². The first-order chi connectivity index (χ1) is 8.04. The van der Waals surface area contributed by atoms with E-state index in [-0.39, 0.29) is 0 Å². The highest BCUT2D eigenvalue weighted by atomic mass is 15.2. The molecule has 0 aliphatic carbocycles. The summed E-state index contributed by atoms with van der Waals surface area (Å²) in [6.45, 7) is 15.1. The summed E-state index contributed by atoms with van der Waals surface area (Å²) in [5.74, 6) is 1.53. The Labute approximate surface area is 107 Å². The Balaban J connectivity index is 3.98. The summed E-state index contributed by atoms with van der Waals surface area (Å²) in [6.07, 6.45) is 0. The second-order valence-corrected chi connectivity index (χ2v) is 4.80. The predicted octanol–water partition coefficient (Wildman–Crippen LogP) is 1.54. The summed E-state index contributed by atoms with van der Waals surface area (Å²) in [5.41, 5.74) is 0. The van der Waals surface area contributed by atoms with Crippen molar-refractivity contribution in [3.63, 3.8) is 0 Å². The fourth-order valence-electron chi connectivity index (χ4n) is 1.74. The third-order valence-corrected chi connectivity index (χ3v) is 2.90. The van der Waals surface area contributed by atoms with Gasteiger partial charge in [-0.15, -0.1) is 0 Å². The second kappa shape index (κ2) is 9.28. The summed E-state index contributed by atoms with van der Waals surface area (Å²) in [5, 5.41) is 6.69. The SMILES string of the molecule is CCN(CC)C(C)CNC(=NC)NCC(C)C. The first-order valence-corrected chi connectivity index (χ1v) is 6.73. The number of likely N-dealkylation sites (N-methyl/N-ethyl adjacent to an activating group) is 1. The summed E-state index contributed by atoms with van der Waals surface area (Å²) < 4.78 is 0. The van der Waals surface area contributed by atoms with E-state index in [2.05, 4.69) is 55.1 Å². The van der Waals surface area contributed by atoms with Gasteiger partial charge in [0.15, 0.2) is 5.96 Å². The van der Waals surface area contributed by atoms with Gasteiger partial charge in [-0.2, -0.15) is 0 Å². The van der Waals surface area contributed by atoms with E-state index in [0.29, 0.717) is 12.0 Å². The topological polar surface area (TPSA) is 39.7 Å². The molecule has 0 spiro atoms. The third kappa shape index (κ3) is 7.21. The Hall–Kier alpha value is -0.770. The van der Waals surface area contributed by atoms with E-state index in [1.165, 1.54) is 0 Å². The molecule has 0 fully saturated rings. The smallest absolute Gasteiger partial charge is 0.191 e. The van der Waals surface area contributed by atoms with Crippen LogP contribution in [0.25, 0.3) is 0 Å².